The highest BCUT2D eigenvalue weighted by molar-refractivity contribution is 9.10. The molecule has 0 radical (unpaired) electrons. The van der Waals surface area contributed by atoms with E-state index in [1.807, 2.05) is 17.8 Å². The van der Waals surface area contributed by atoms with Crippen LogP contribution in [0.25, 0.3) is 0 Å². The molecule has 0 aliphatic rings. The molecular weight excluding hydrogens is 298 g/mol. The van der Waals surface area contributed by atoms with Crippen molar-refractivity contribution in [2.75, 3.05) is 24.0 Å². The molecule has 4 heteroatoms. The van der Waals surface area contributed by atoms with Crippen LogP contribution in [0.2, 0.25) is 0 Å². The molecule has 0 heterocycles. The maximum atomic E-state index is 9.13. The fourth-order valence-corrected chi connectivity index (χ4v) is 2.69. The predicted molar refractivity (Wildman–Crippen MR) is 80.9 cm³/mol. The molecule has 0 aliphatic heterocycles. The van der Waals surface area contributed by atoms with E-state index < -0.39 is 0 Å². The van der Waals surface area contributed by atoms with Crippen molar-refractivity contribution in [2.45, 2.75) is 26.0 Å². The van der Waals surface area contributed by atoms with Gasteiger partial charge < -0.3 is 10.0 Å². The maximum Gasteiger partial charge on any atom is 0.0692 e. The van der Waals surface area contributed by atoms with Gasteiger partial charge in [-0.25, -0.2) is 0 Å². The normalized spacial score (nSPS) is 12.5. The third kappa shape index (κ3) is 4.19. The zero-order chi connectivity index (χ0) is 12.8. The van der Waals surface area contributed by atoms with Gasteiger partial charge in [-0.2, -0.15) is 11.8 Å². The van der Waals surface area contributed by atoms with Gasteiger partial charge >= 0.3 is 0 Å². The van der Waals surface area contributed by atoms with Crippen LogP contribution in [0.1, 0.15) is 18.9 Å². The van der Waals surface area contributed by atoms with Crippen molar-refractivity contribution in [1.82, 2.24) is 0 Å². The third-order valence-corrected chi connectivity index (χ3v) is 4.40. The van der Waals surface area contributed by atoms with E-state index in [0.29, 0.717) is 6.04 Å². The summed E-state index contributed by atoms with van der Waals surface area (Å²) in [6.45, 7) is 2.32. The summed E-state index contributed by atoms with van der Waals surface area (Å²) in [5.41, 5.74) is 2.11. The molecule has 0 spiro atoms. The Balaban J connectivity index is 2.74. The first-order valence-electron chi connectivity index (χ1n) is 5.71. The van der Waals surface area contributed by atoms with Crippen molar-refractivity contribution in [3.8, 4) is 0 Å². The van der Waals surface area contributed by atoms with Gasteiger partial charge in [-0.3, -0.25) is 0 Å². The molecule has 1 aromatic rings. The van der Waals surface area contributed by atoms with Gasteiger partial charge in [-0.05, 0) is 43.0 Å². The third-order valence-electron chi connectivity index (χ3n) is 3.02. The summed E-state index contributed by atoms with van der Waals surface area (Å²) in [7, 11) is 2.12. The van der Waals surface area contributed by atoms with E-state index in [-0.39, 0.29) is 6.61 Å². The summed E-state index contributed by atoms with van der Waals surface area (Å²) in [5, 5.41) is 9.13. The highest BCUT2D eigenvalue weighted by atomic mass is 79.9. The average Bonchev–Trinajstić information content (AvgIpc) is 2.34. The van der Waals surface area contributed by atoms with Crippen molar-refractivity contribution in [2.24, 2.45) is 0 Å². The Morgan fingerprint density at radius 2 is 2.18 bits per heavy atom. The Kier molecular flexibility index (Phi) is 6.38. The average molecular weight is 318 g/mol. The van der Waals surface area contributed by atoms with Gasteiger partial charge in [0.25, 0.3) is 0 Å². The maximum absolute atomic E-state index is 9.13. The second-order valence-electron chi connectivity index (χ2n) is 4.18. The van der Waals surface area contributed by atoms with Gasteiger partial charge in [0.1, 0.15) is 0 Å². The number of halogens is 1. The Bertz CT molecular complexity index is 359. The lowest BCUT2D eigenvalue weighted by molar-refractivity contribution is 0.281. The lowest BCUT2D eigenvalue weighted by atomic mass is 10.1. The van der Waals surface area contributed by atoms with Crippen molar-refractivity contribution < 1.29 is 5.11 Å². The SMILES string of the molecule is CSCCC(C)N(C)c1ccc(CO)c(Br)c1. The van der Waals surface area contributed by atoms with Gasteiger partial charge in [-0.1, -0.05) is 22.0 Å². The van der Waals surface area contributed by atoms with E-state index in [1.165, 1.54) is 17.9 Å². The van der Waals surface area contributed by atoms with Crippen LogP contribution in [0.5, 0.6) is 0 Å². The fraction of sp³-hybridized carbons (Fsp3) is 0.538. The van der Waals surface area contributed by atoms with E-state index >= 15 is 0 Å². The first-order chi connectivity index (χ1) is 8.10. The number of thioether (sulfide) groups is 1. The quantitative estimate of drug-likeness (QED) is 0.868. The summed E-state index contributed by atoms with van der Waals surface area (Å²) in [5.74, 6) is 1.18. The van der Waals surface area contributed by atoms with Crippen molar-refractivity contribution in [1.29, 1.82) is 0 Å². The molecule has 96 valence electrons. The second-order valence-corrected chi connectivity index (χ2v) is 6.02. The molecule has 0 saturated carbocycles. The molecule has 17 heavy (non-hydrogen) atoms. The van der Waals surface area contributed by atoms with E-state index in [0.717, 1.165) is 10.0 Å². The number of aliphatic hydroxyl groups excluding tert-OH is 1. The molecule has 0 bridgehead atoms. The minimum absolute atomic E-state index is 0.0760. The van der Waals surface area contributed by atoms with Gasteiger partial charge in [0.15, 0.2) is 0 Å². The number of hydrogen-bond donors (Lipinski definition) is 1. The minimum atomic E-state index is 0.0760. The summed E-state index contributed by atoms with van der Waals surface area (Å²) < 4.78 is 0.974. The molecule has 0 aliphatic carbocycles. The molecule has 1 N–H and O–H groups in total. The molecular formula is C13H20BrNOS. The van der Waals surface area contributed by atoms with Gasteiger partial charge in [-0.15, -0.1) is 0 Å². The number of anilines is 1. The number of hydrogen-bond acceptors (Lipinski definition) is 3. The first kappa shape index (κ1) is 14.9. The minimum Gasteiger partial charge on any atom is -0.392 e. The van der Waals surface area contributed by atoms with E-state index in [4.69, 9.17) is 5.11 Å². The number of rotatable bonds is 6. The standard InChI is InChI=1S/C13H20BrNOS/c1-10(6-7-17-3)15(2)12-5-4-11(9-16)13(14)8-12/h4-5,8,10,16H,6-7,9H2,1-3H3. The Morgan fingerprint density at radius 1 is 1.47 bits per heavy atom. The summed E-state index contributed by atoms with van der Waals surface area (Å²) >= 11 is 5.37. The fourth-order valence-electron chi connectivity index (χ4n) is 1.62. The predicted octanol–water partition coefficient (Wildman–Crippen LogP) is 3.52. The molecule has 0 fully saturated rings. The number of benzene rings is 1. The van der Waals surface area contributed by atoms with Crippen molar-refractivity contribution in [3.63, 3.8) is 0 Å². The largest absolute Gasteiger partial charge is 0.392 e. The molecule has 2 nitrogen and oxygen atoms in total. The van der Waals surface area contributed by atoms with Crippen LogP contribution in [-0.2, 0) is 6.61 Å². The van der Waals surface area contributed by atoms with Crippen LogP contribution >= 0.6 is 27.7 Å². The number of nitrogens with zero attached hydrogens (tertiary/aromatic N) is 1. The van der Waals surface area contributed by atoms with Crippen LogP contribution < -0.4 is 4.90 Å². The lowest BCUT2D eigenvalue weighted by Gasteiger charge is -2.27. The second kappa shape index (κ2) is 7.29. The smallest absolute Gasteiger partial charge is 0.0692 e. The molecule has 1 rings (SSSR count). The van der Waals surface area contributed by atoms with Crippen molar-refractivity contribution in [3.05, 3.63) is 28.2 Å². The summed E-state index contributed by atoms with van der Waals surface area (Å²) in [4.78, 5) is 2.28. The lowest BCUT2D eigenvalue weighted by Crippen LogP contribution is -2.29. The molecule has 0 saturated heterocycles. The molecule has 1 unspecified atom stereocenters. The Hall–Kier alpha value is -0.190. The van der Waals surface area contributed by atoms with Crippen molar-refractivity contribution >= 4 is 33.4 Å². The monoisotopic (exact) mass is 317 g/mol. The zero-order valence-electron chi connectivity index (χ0n) is 10.6. The first-order valence-corrected chi connectivity index (χ1v) is 7.90. The van der Waals surface area contributed by atoms with E-state index in [2.05, 4.69) is 53.2 Å². The zero-order valence-corrected chi connectivity index (χ0v) is 13.0. The molecule has 0 amide bonds. The van der Waals surface area contributed by atoms with Crippen LogP contribution in [0, 0.1) is 0 Å². The Labute approximate surface area is 117 Å². The van der Waals surface area contributed by atoms with Gasteiger partial charge in [0, 0.05) is 23.2 Å². The molecule has 0 aromatic heterocycles. The Morgan fingerprint density at radius 3 is 2.71 bits per heavy atom. The summed E-state index contributed by atoms with van der Waals surface area (Å²) in [6, 6.07) is 6.62. The van der Waals surface area contributed by atoms with Crippen LogP contribution in [0.15, 0.2) is 22.7 Å². The van der Waals surface area contributed by atoms with Crippen LogP contribution in [0.3, 0.4) is 0 Å². The number of aliphatic hydroxyl groups is 1. The molecule has 1 aromatic carbocycles. The van der Waals surface area contributed by atoms with Crippen LogP contribution in [-0.4, -0.2) is 30.2 Å². The van der Waals surface area contributed by atoms with Gasteiger partial charge in [0.05, 0.1) is 6.61 Å². The highest BCUT2D eigenvalue weighted by Gasteiger charge is 2.10. The van der Waals surface area contributed by atoms with E-state index in [9.17, 15) is 0 Å². The van der Waals surface area contributed by atoms with Gasteiger partial charge in [0.2, 0.25) is 0 Å². The highest BCUT2D eigenvalue weighted by Crippen LogP contribution is 2.25. The molecule has 1 atom stereocenters. The summed E-state index contributed by atoms with van der Waals surface area (Å²) in [6.07, 6.45) is 3.32. The van der Waals surface area contributed by atoms with E-state index in [1.54, 1.807) is 0 Å². The van der Waals surface area contributed by atoms with Crippen LogP contribution in [0.4, 0.5) is 5.69 Å². The topological polar surface area (TPSA) is 23.5 Å².